The van der Waals surface area contributed by atoms with E-state index < -0.39 is 15.8 Å². The molecule has 0 spiro atoms. The first-order chi connectivity index (χ1) is 14.3. The monoisotopic (exact) mass is 447 g/mol. The molecule has 0 amide bonds. The molecule has 0 aliphatic carbocycles. The summed E-state index contributed by atoms with van der Waals surface area (Å²) in [4.78, 5) is 7.66. The van der Waals surface area contributed by atoms with Crippen molar-refractivity contribution < 1.29 is 17.5 Å². The lowest BCUT2D eigenvalue weighted by Crippen LogP contribution is -2.13. The molecule has 0 atom stereocenters. The van der Waals surface area contributed by atoms with E-state index in [0.29, 0.717) is 17.1 Å². The largest absolute Gasteiger partial charge is 0.481 e. The summed E-state index contributed by atoms with van der Waals surface area (Å²) in [6.07, 6.45) is 6.11. The van der Waals surface area contributed by atoms with Crippen molar-refractivity contribution in [2.24, 2.45) is 5.14 Å². The highest BCUT2D eigenvalue weighted by Gasteiger charge is 2.14. The van der Waals surface area contributed by atoms with Crippen molar-refractivity contribution >= 4 is 44.8 Å². The number of halogens is 2. The van der Waals surface area contributed by atoms with Crippen molar-refractivity contribution in [3.63, 3.8) is 0 Å². The third kappa shape index (κ3) is 5.36. The van der Waals surface area contributed by atoms with Crippen LogP contribution in [0.2, 0.25) is 5.02 Å². The van der Waals surface area contributed by atoms with Crippen molar-refractivity contribution in [1.29, 1.82) is 0 Å². The van der Waals surface area contributed by atoms with Crippen LogP contribution in [0.4, 0.5) is 27.5 Å². The molecule has 3 aromatic rings. The number of nitrogens with one attached hydrogen (secondary N) is 2. The first kappa shape index (κ1) is 21.3. The first-order valence-corrected chi connectivity index (χ1v) is 10.2. The lowest BCUT2D eigenvalue weighted by molar-refractivity contribution is 0.370. The number of anilines is 4. The zero-order chi connectivity index (χ0) is 21.7. The smallest absolute Gasteiger partial charge is 0.239 e. The molecule has 0 fully saturated rings. The Morgan fingerprint density at radius 3 is 2.53 bits per heavy atom. The molecule has 0 saturated heterocycles. The number of ether oxygens (including phenoxy) is 1. The summed E-state index contributed by atoms with van der Waals surface area (Å²) in [5, 5.41) is 10.7. The van der Waals surface area contributed by atoms with E-state index in [2.05, 4.69) is 26.5 Å². The molecule has 0 aliphatic rings. The van der Waals surface area contributed by atoms with E-state index in [-0.39, 0.29) is 28.3 Å². The van der Waals surface area contributed by atoms with Gasteiger partial charge in [-0.05, 0) is 42.5 Å². The number of hydrogen-bond donors (Lipinski definition) is 3. The minimum absolute atomic E-state index is 0.0237. The maximum Gasteiger partial charge on any atom is 0.239 e. The number of sulfonamides is 1. The van der Waals surface area contributed by atoms with Crippen molar-refractivity contribution in [1.82, 2.24) is 9.97 Å². The van der Waals surface area contributed by atoms with Crippen molar-refractivity contribution in [3.8, 4) is 18.1 Å². The molecule has 30 heavy (non-hydrogen) atoms. The highest BCUT2D eigenvalue weighted by molar-refractivity contribution is 7.89. The topological polar surface area (TPSA) is 119 Å². The Morgan fingerprint density at radius 2 is 1.87 bits per heavy atom. The molecule has 1 heterocycles. The van der Waals surface area contributed by atoms with Gasteiger partial charge in [0.15, 0.2) is 11.6 Å². The van der Waals surface area contributed by atoms with Crippen molar-refractivity contribution in [2.75, 3.05) is 17.2 Å². The quantitative estimate of drug-likeness (QED) is 0.475. The van der Waals surface area contributed by atoms with Gasteiger partial charge in [0.25, 0.3) is 0 Å². The van der Waals surface area contributed by atoms with Gasteiger partial charge in [-0.15, -0.1) is 6.42 Å². The number of benzene rings is 2. The Labute approximate surface area is 177 Å². The van der Waals surface area contributed by atoms with Gasteiger partial charge < -0.3 is 15.4 Å². The van der Waals surface area contributed by atoms with Crippen LogP contribution in [0.25, 0.3) is 0 Å². The number of aromatic nitrogens is 2. The average Bonchev–Trinajstić information content (AvgIpc) is 2.70. The van der Waals surface area contributed by atoms with Crippen LogP contribution in [0.5, 0.6) is 5.75 Å². The summed E-state index contributed by atoms with van der Waals surface area (Å²) in [6, 6.07) is 10.8. The molecule has 0 saturated carbocycles. The standard InChI is InChI=1S/C19H15ClFN5O3S/c1-2-9-29-14-6-3-12(4-7-14)24-18-16(21)11-23-19(26-18)25-13-5-8-15(20)17(10-13)30(22,27)28/h1,3-8,10-11H,9H2,(H2,22,27,28)(H2,23,24,25,26). The molecule has 8 nitrogen and oxygen atoms in total. The lowest BCUT2D eigenvalue weighted by Gasteiger charge is -2.11. The normalized spacial score (nSPS) is 10.9. The van der Waals surface area contributed by atoms with E-state index in [9.17, 15) is 12.8 Å². The van der Waals surface area contributed by atoms with Gasteiger partial charge in [-0.2, -0.15) is 4.98 Å². The zero-order valence-electron chi connectivity index (χ0n) is 15.3. The highest BCUT2D eigenvalue weighted by atomic mass is 35.5. The van der Waals surface area contributed by atoms with Crippen LogP contribution in [-0.2, 0) is 10.0 Å². The maximum atomic E-state index is 14.1. The van der Waals surface area contributed by atoms with Crippen LogP contribution in [-0.4, -0.2) is 25.0 Å². The molecular formula is C19H15ClFN5O3S. The molecule has 11 heteroatoms. The van der Waals surface area contributed by atoms with Crippen molar-refractivity contribution in [2.45, 2.75) is 4.90 Å². The molecule has 0 unspecified atom stereocenters. The predicted octanol–water partition coefficient (Wildman–Crippen LogP) is 3.42. The van der Waals surface area contributed by atoms with Crippen LogP contribution >= 0.6 is 11.6 Å². The highest BCUT2D eigenvalue weighted by Crippen LogP contribution is 2.26. The molecule has 0 bridgehead atoms. The summed E-state index contributed by atoms with van der Waals surface area (Å²) < 4.78 is 42.6. The summed E-state index contributed by atoms with van der Waals surface area (Å²) in [6.45, 7) is 0.139. The summed E-state index contributed by atoms with van der Waals surface area (Å²) in [7, 11) is -4.02. The van der Waals surface area contributed by atoms with Gasteiger partial charge in [0.2, 0.25) is 16.0 Å². The second-order valence-corrected chi connectivity index (χ2v) is 7.78. The Bertz CT molecular complexity index is 1210. The minimum Gasteiger partial charge on any atom is -0.481 e. The second-order valence-electron chi connectivity index (χ2n) is 5.85. The van der Waals surface area contributed by atoms with Gasteiger partial charge >= 0.3 is 0 Å². The van der Waals surface area contributed by atoms with Crippen molar-refractivity contribution in [3.05, 3.63) is 59.5 Å². The summed E-state index contributed by atoms with van der Waals surface area (Å²) in [5.74, 6) is 2.17. The fraction of sp³-hybridized carbons (Fsp3) is 0.0526. The molecule has 2 aromatic carbocycles. The summed E-state index contributed by atoms with van der Waals surface area (Å²) in [5.41, 5.74) is 0.852. The SMILES string of the molecule is C#CCOc1ccc(Nc2nc(Nc3ccc(Cl)c(S(N)(=O)=O)c3)ncc2F)cc1. The van der Waals surface area contributed by atoms with Crippen LogP contribution < -0.4 is 20.5 Å². The molecular weight excluding hydrogens is 433 g/mol. The average molecular weight is 448 g/mol. The molecule has 154 valence electrons. The third-order valence-corrected chi connectivity index (χ3v) is 5.07. The number of nitrogens with zero attached hydrogens (tertiary/aromatic N) is 2. The minimum atomic E-state index is -4.02. The number of primary sulfonamides is 1. The Kier molecular flexibility index (Phi) is 6.37. The Hall–Kier alpha value is -3.39. The fourth-order valence-corrected chi connectivity index (χ4v) is 3.41. The molecule has 4 N–H and O–H groups in total. The fourth-order valence-electron chi connectivity index (χ4n) is 2.34. The van der Waals surface area contributed by atoms with Gasteiger partial charge in [-0.25, -0.2) is 22.9 Å². The van der Waals surface area contributed by atoms with E-state index in [1.165, 1.54) is 18.2 Å². The van der Waals surface area contributed by atoms with Gasteiger partial charge in [-0.3, -0.25) is 0 Å². The third-order valence-electron chi connectivity index (χ3n) is 3.68. The number of terminal acetylenes is 1. The van der Waals surface area contributed by atoms with Crippen LogP contribution in [0, 0.1) is 18.2 Å². The van der Waals surface area contributed by atoms with E-state index in [0.717, 1.165) is 6.20 Å². The number of hydrogen-bond acceptors (Lipinski definition) is 7. The second kappa shape index (κ2) is 8.96. The van der Waals surface area contributed by atoms with E-state index in [1.807, 2.05) is 0 Å². The van der Waals surface area contributed by atoms with E-state index >= 15 is 0 Å². The first-order valence-electron chi connectivity index (χ1n) is 8.31. The lowest BCUT2D eigenvalue weighted by atomic mass is 10.3. The van der Waals surface area contributed by atoms with E-state index in [1.54, 1.807) is 24.3 Å². The van der Waals surface area contributed by atoms with Gasteiger partial charge in [0, 0.05) is 11.4 Å². The zero-order valence-corrected chi connectivity index (χ0v) is 16.8. The van der Waals surface area contributed by atoms with Gasteiger partial charge in [-0.1, -0.05) is 17.5 Å². The van der Waals surface area contributed by atoms with Crippen LogP contribution in [0.3, 0.4) is 0 Å². The molecule has 0 radical (unpaired) electrons. The Balaban J connectivity index is 1.80. The predicted molar refractivity (Wildman–Crippen MR) is 112 cm³/mol. The van der Waals surface area contributed by atoms with E-state index in [4.69, 9.17) is 27.9 Å². The van der Waals surface area contributed by atoms with Crippen LogP contribution in [0.15, 0.2) is 53.6 Å². The summed E-state index contributed by atoms with van der Waals surface area (Å²) >= 11 is 5.86. The molecule has 3 rings (SSSR count). The molecule has 0 aliphatic heterocycles. The number of nitrogens with two attached hydrogens (primary N) is 1. The van der Waals surface area contributed by atoms with Crippen LogP contribution in [0.1, 0.15) is 0 Å². The number of rotatable bonds is 7. The van der Waals surface area contributed by atoms with Gasteiger partial charge in [0.1, 0.15) is 17.3 Å². The van der Waals surface area contributed by atoms with Gasteiger partial charge in [0.05, 0.1) is 11.2 Å². The maximum absolute atomic E-state index is 14.1. The molecule has 1 aromatic heterocycles. The Morgan fingerprint density at radius 1 is 1.17 bits per heavy atom.